The van der Waals surface area contributed by atoms with E-state index in [4.69, 9.17) is 0 Å². The van der Waals surface area contributed by atoms with Gasteiger partial charge in [0.2, 0.25) is 11.0 Å². The summed E-state index contributed by atoms with van der Waals surface area (Å²) in [6.45, 7) is 4.31. The normalized spacial score (nSPS) is 15.7. The number of aromatic nitrogens is 2. The summed E-state index contributed by atoms with van der Waals surface area (Å²) >= 11 is 2.94. The molecular weight excluding hydrogens is 304 g/mol. The van der Waals surface area contributed by atoms with Gasteiger partial charge in [-0.3, -0.25) is 4.79 Å². The van der Waals surface area contributed by atoms with Crippen molar-refractivity contribution in [2.24, 2.45) is 0 Å². The molecule has 7 heteroatoms. The lowest BCUT2D eigenvalue weighted by Gasteiger charge is -2.31. The fraction of sp³-hybridized carbons (Fsp3) is 0.643. The molecule has 1 aliphatic carbocycles. The minimum Gasteiger partial charge on any atom is -0.357 e. The second-order valence-electron chi connectivity index (χ2n) is 5.13. The molecule has 1 saturated carbocycles. The molecule has 5 nitrogen and oxygen atoms in total. The first kappa shape index (κ1) is 16.3. The van der Waals surface area contributed by atoms with Crippen LogP contribution in [0, 0.1) is 0 Å². The topological polar surface area (TPSA) is 58.1 Å². The van der Waals surface area contributed by atoms with Crippen molar-refractivity contribution in [2.75, 3.05) is 24.7 Å². The van der Waals surface area contributed by atoms with Crippen molar-refractivity contribution in [1.82, 2.24) is 15.1 Å². The minimum atomic E-state index is 0.183. The quantitative estimate of drug-likeness (QED) is 0.616. The number of anilines is 1. The molecule has 0 unspecified atom stereocenters. The van der Waals surface area contributed by atoms with Gasteiger partial charge in [-0.25, -0.2) is 0 Å². The maximum atomic E-state index is 12.2. The zero-order valence-corrected chi connectivity index (χ0v) is 14.0. The van der Waals surface area contributed by atoms with Crippen LogP contribution in [0.3, 0.4) is 0 Å². The van der Waals surface area contributed by atoms with Gasteiger partial charge in [0.25, 0.3) is 0 Å². The van der Waals surface area contributed by atoms with Gasteiger partial charge in [-0.05, 0) is 12.8 Å². The van der Waals surface area contributed by atoms with Crippen LogP contribution in [-0.4, -0.2) is 46.4 Å². The summed E-state index contributed by atoms with van der Waals surface area (Å²) in [6.07, 6.45) is 7.84. The Morgan fingerprint density at radius 1 is 1.48 bits per heavy atom. The van der Waals surface area contributed by atoms with E-state index in [1.165, 1.54) is 42.4 Å². The Labute approximate surface area is 134 Å². The van der Waals surface area contributed by atoms with Crippen LogP contribution in [-0.2, 0) is 4.79 Å². The highest BCUT2D eigenvalue weighted by Gasteiger charge is 2.22. The van der Waals surface area contributed by atoms with Crippen LogP contribution in [0.5, 0.6) is 0 Å². The van der Waals surface area contributed by atoms with Crippen molar-refractivity contribution >= 4 is 34.1 Å². The van der Waals surface area contributed by atoms with E-state index in [0.29, 0.717) is 18.3 Å². The molecule has 0 aromatic carbocycles. The van der Waals surface area contributed by atoms with Gasteiger partial charge in [-0.2, -0.15) is 0 Å². The molecule has 21 heavy (non-hydrogen) atoms. The molecule has 1 amide bonds. The summed E-state index contributed by atoms with van der Waals surface area (Å²) in [5, 5.41) is 12.0. The molecule has 0 atom stereocenters. The highest BCUT2D eigenvalue weighted by Crippen LogP contribution is 2.27. The van der Waals surface area contributed by atoms with Gasteiger partial charge < -0.3 is 10.2 Å². The van der Waals surface area contributed by atoms with Gasteiger partial charge in [0.1, 0.15) is 0 Å². The zero-order valence-electron chi connectivity index (χ0n) is 12.4. The molecule has 1 aliphatic rings. The van der Waals surface area contributed by atoms with Crippen LogP contribution in [0.15, 0.2) is 17.0 Å². The summed E-state index contributed by atoms with van der Waals surface area (Å²) in [7, 11) is 1.93. The number of nitrogens with zero attached hydrogens (tertiary/aromatic N) is 3. The standard InChI is InChI=1S/C14H22N4OS2/c1-3-9-15-13-16-17-14(21-13)20-10-12(19)18(2)11-7-5-4-6-8-11/h3,11H,1,4-10H2,2H3,(H,15,16). The van der Waals surface area contributed by atoms with Crippen molar-refractivity contribution < 1.29 is 4.79 Å². The predicted molar refractivity (Wildman–Crippen MR) is 89.0 cm³/mol. The summed E-state index contributed by atoms with van der Waals surface area (Å²) < 4.78 is 0.826. The number of nitrogens with one attached hydrogen (secondary N) is 1. The molecule has 1 heterocycles. The molecule has 116 valence electrons. The van der Waals surface area contributed by atoms with E-state index in [2.05, 4.69) is 22.1 Å². The third kappa shape index (κ3) is 5.00. The van der Waals surface area contributed by atoms with E-state index in [-0.39, 0.29) is 5.91 Å². The Morgan fingerprint density at radius 2 is 2.24 bits per heavy atom. The summed E-state index contributed by atoms with van der Waals surface area (Å²) in [5.41, 5.74) is 0. The molecular formula is C14H22N4OS2. The van der Waals surface area contributed by atoms with Crippen molar-refractivity contribution in [3.63, 3.8) is 0 Å². The second kappa shape index (κ2) is 8.38. The van der Waals surface area contributed by atoms with Crippen molar-refractivity contribution in [1.29, 1.82) is 0 Å². The largest absolute Gasteiger partial charge is 0.357 e. The van der Waals surface area contributed by atoms with E-state index in [1.54, 1.807) is 6.08 Å². The van der Waals surface area contributed by atoms with Crippen molar-refractivity contribution in [2.45, 2.75) is 42.5 Å². The van der Waals surface area contributed by atoms with Gasteiger partial charge in [0.15, 0.2) is 4.34 Å². The highest BCUT2D eigenvalue weighted by atomic mass is 32.2. The Bertz CT molecular complexity index is 471. The maximum absolute atomic E-state index is 12.2. The number of thioether (sulfide) groups is 1. The molecule has 0 saturated heterocycles. The maximum Gasteiger partial charge on any atom is 0.233 e. The number of carbonyl (C=O) groups is 1. The van der Waals surface area contributed by atoms with Crippen LogP contribution in [0.4, 0.5) is 5.13 Å². The summed E-state index contributed by atoms with van der Waals surface area (Å²) in [5.74, 6) is 0.617. The Morgan fingerprint density at radius 3 is 2.95 bits per heavy atom. The predicted octanol–water partition coefficient (Wildman–Crippen LogP) is 3.02. The number of hydrogen-bond acceptors (Lipinski definition) is 6. The molecule has 1 fully saturated rings. The molecule has 0 aliphatic heterocycles. The van der Waals surface area contributed by atoms with Crippen LogP contribution in [0.1, 0.15) is 32.1 Å². The van der Waals surface area contributed by atoms with Gasteiger partial charge >= 0.3 is 0 Å². The average Bonchev–Trinajstić information content (AvgIpc) is 2.98. The number of amides is 1. The minimum absolute atomic E-state index is 0.183. The van der Waals surface area contributed by atoms with Crippen LogP contribution in [0.25, 0.3) is 0 Å². The van der Waals surface area contributed by atoms with Gasteiger partial charge in [0.05, 0.1) is 5.75 Å². The van der Waals surface area contributed by atoms with Gasteiger partial charge in [-0.15, -0.1) is 16.8 Å². The molecule has 0 spiro atoms. The van der Waals surface area contributed by atoms with Crippen molar-refractivity contribution in [3.05, 3.63) is 12.7 Å². The average molecular weight is 326 g/mol. The third-order valence-electron chi connectivity index (χ3n) is 3.64. The monoisotopic (exact) mass is 326 g/mol. The van der Waals surface area contributed by atoms with Gasteiger partial charge in [0, 0.05) is 19.6 Å². The second-order valence-corrected chi connectivity index (χ2v) is 7.33. The van der Waals surface area contributed by atoms with Crippen molar-refractivity contribution in [3.8, 4) is 0 Å². The van der Waals surface area contributed by atoms with E-state index in [1.807, 2.05) is 11.9 Å². The number of hydrogen-bond donors (Lipinski definition) is 1. The summed E-state index contributed by atoms with van der Waals surface area (Å²) in [6, 6.07) is 0.422. The highest BCUT2D eigenvalue weighted by molar-refractivity contribution is 8.01. The lowest BCUT2D eigenvalue weighted by molar-refractivity contribution is -0.129. The van der Waals surface area contributed by atoms with E-state index in [9.17, 15) is 4.79 Å². The first-order valence-electron chi connectivity index (χ1n) is 7.27. The van der Waals surface area contributed by atoms with Crippen LogP contribution < -0.4 is 5.32 Å². The van der Waals surface area contributed by atoms with E-state index < -0.39 is 0 Å². The van der Waals surface area contributed by atoms with E-state index in [0.717, 1.165) is 22.3 Å². The first-order valence-corrected chi connectivity index (χ1v) is 9.07. The molecule has 1 aromatic heterocycles. The molecule has 1 aromatic rings. The Kier molecular flexibility index (Phi) is 6.50. The fourth-order valence-corrected chi connectivity index (χ4v) is 4.08. The smallest absolute Gasteiger partial charge is 0.233 e. The lowest BCUT2D eigenvalue weighted by Crippen LogP contribution is -2.39. The lowest BCUT2D eigenvalue weighted by atomic mass is 9.94. The Balaban J connectivity index is 1.77. The number of rotatable bonds is 7. The zero-order chi connectivity index (χ0) is 15.1. The summed E-state index contributed by atoms with van der Waals surface area (Å²) in [4.78, 5) is 14.1. The van der Waals surface area contributed by atoms with E-state index >= 15 is 0 Å². The van der Waals surface area contributed by atoms with Crippen LogP contribution >= 0.6 is 23.1 Å². The third-order valence-corrected chi connectivity index (χ3v) is 5.64. The van der Waals surface area contributed by atoms with Crippen LogP contribution in [0.2, 0.25) is 0 Å². The first-order chi connectivity index (χ1) is 10.2. The SMILES string of the molecule is C=CCNc1nnc(SCC(=O)N(C)C2CCCCC2)s1. The Hall–Kier alpha value is -1.08. The molecule has 0 radical (unpaired) electrons. The molecule has 0 bridgehead atoms. The molecule has 2 rings (SSSR count). The molecule has 1 N–H and O–H groups in total. The van der Waals surface area contributed by atoms with Gasteiger partial charge in [-0.1, -0.05) is 48.4 Å². The fourth-order valence-electron chi connectivity index (χ4n) is 2.40. The number of carbonyl (C=O) groups excluding carboxylic acids is 1.